The quantitative estimate of drug-likeness (QED) is 0.451. The number of carbonyl (C=O) groups excluding carboxylic acids is 1. The van der Waals surface area contributed by atoms with Crippen LogP contribution in [-0.4, -0.2) is 26.0 Å². The minimum Gasteiger partial charge on any atom is -0.332 e. The molecule has 0 radical (unpaired) electrons. The van der Waals surface area contributed by atoms with E-state index in [1.165, 1.54) is 0 Å². The number of carbonyl (C=O) groups is 1. The Morgan fingerprint density at radius 1 is 0.967 bits per heavy atom. The van der Waals surface area contributed by atoms with Crippen LogP contribution in [-0.2, 0) is 0 Å². The van der Waals surface area contributed by atoms with Crippen molar-refractivity contribution in [2.24, 2.45) is 0 Å². The number of aromatic nitrogens is 3. The fourth-order valence-electron chi connectivity index (χ4n) is 2.93. The molecule has 0 aliphatic rings. The van der Waals surface area contributed by atoms with Gasteiger partial charge in [0.05, 0.1) is 5.69 Å². The number of benzene rings is 3. The summed E-state index contributed by atoms with van der Waals surface area (Å²) in [7, 11) is 0. The molecular weight excluding hydrogens is 418 g/mol. The van der Waals surface area contributed by atoms with Crippen molar-refractivity contribution in [3.8, 4) is 5.69 Å². The smallest absolute Gasteiger partial charge is 0.257 e. The van der Waals surface area contributed by atoms with Crippen molar-refractivity contribution in [2.75, 3.05) is 5.32 Å². The lowest BCUT2D eigenvalue weighted by molar-refractivity contribution is 0.0977. The van der Waals surface area contributed by atoms with Crippen molar-refractivity contribution in [1.29, 1.82) is 0 Å². The molecule has 0 fully saturated rings. The Morgan fingerprint density at radius 2 is 1.60 bits per heavy atom. The Labute approximate surface area is 183 Å². The maximum atomic E-state index is 12.4. The van der Waals surface area contributed by atoms with Crippen LogP contribution in [0.3, 0.4) is 0 Å². The van der Waals surface area contributed by atoms with Gasteiger partial charge in [-0.1, -0.05) is 29.3 Å². The van der Waals surface area contributed by atoms with Gasteiger partial charge in [-0.25, -0.2) is 0 Å². The summed E-state index contributed by atoms with van der Waals surface area (Å²) in [6.07, 6.45) is 0. The van der Waals surface area contributed by atoms with Gasteiger partial charge in [0, 0.05) is 16.3 Å². The predicted octanol–water partition coefficient (Wildman–Crippen LogP) is 4.82. The molecule has 4 rings (SSSR count). The summed E-state index contributed by atoms with van der Waals surface area (Å²) < 4.78 is 0. The van der Waals surface area contributed by atoms with Gasteiger partial charge in [0.1, 0.15) is 11.0 Å². The third-order valence-corrected chi connectivity index (χ3v) is 5.03. The minimum atomic E-state index is -0.264. The number of hydrogen-bond acceptors (Lipinski definition) is 4. The third kappa shape index (κ3) is 4.32. The summed E-state index contributed by atoms with van der Waals surface area (Å²) in [5, 5.41) is 15.7. The van der Waals surface area contributed by atoms with Gasteiger partial charge in [-0.15, -0.1) is 10.2 Å². The molecule has 3 aromatic carbocycles. The minimum absolute atomic E-state index is 0.216. The fourth-order valence-corrected chi connectivity index (χ4v) is 3.25. The highest BCUT2D eigenvalue weighted by atomic mass is 35.5. The average molecular weight is 436 g/mol. The van der Waals surface area contributed by atoms with Crippen LogP contribution in [0, 0.1) is 13.8 Å². The van der Waals surface area contributed by atoms with Gasteiger partial charge >= 0.3 is 0 Å². The lowest BCUT2D eigenvalue weighted by atomic mass is 10.1. The maximum absolute atomic E-state index is 12.4. The zero-order valence-electron chi connectivity index (χ0n) is 16.3. The van der Waals surface area contributed by atoms with Crippen molar-refractivity contribution in [2.45, 2.75) is 13.8 Å². The molecule has 1 aromatic heterocycles. The highest BCUT2D eigenvalue weighted by Crippen LogP contribution is 2.22. The molecule has 1 heterocycles. The Balaban J connectivity index is 1.52. The molecular formula is C22H18ClN5OS. The van der Waals surface area contributed by atoms with Gasteiger partial charge in [-0.2, -0.15) is 4.80 Å². The van der Waals surface area contributed by atoms with Gasteiger partial charge < -0.3 is 5.32 Å². The molecule has 1 amide bonds. The van der Waals surface area contributed by atoms with Gasteiger partial charge in [-0.05, 0) is 80.2 Å². The molecule has 30 heavy (non-hydrogen) atoms. The van der Waals surface area contributed by atoms with E-state index in [1.54, 1.807) is 29.1 Å². The molecule has 0 bridgehead atoms. The summed E-state index contributed by atoms with van der Waals surface area (Å²) in [5.41, 5.74) is 5.57. The van der Waals surface area contributed by atoms with Gasteiger partial charge in [-0.3, -0.25) is 10.1 Å². The van der Waals surface area contributed by atoms with Crippen molar-refractivity contribution >= 4 is 51.6 Å². The Bertz CT molecular complexity index is 1250. The first kappa shape index (κ1) is 20.0. The normalized spacial score (nSPS) is 10.8. The largest absolute Gasteiger partial charge is 0.332 e. The zero-order chi connectivity index (χ0) is 21.3. The van der Waals surface area contributed by atoms with E-state index in [0.717, 1.165) is 28.0 Å². The van der Waals surface area contributed by atoms with Crippen LogP contribution in [0.15, 0.2) is 60.7 Å². The molecule has 4 aromatic rings. The van der Waals surface area contributed by atoms with Gasteiger partial charge in [0.2, 0.25) is 0 Å². The number of rotatable bonds is 3. The Morgan fingerprint density at radius 3 is 2.27 bits per heavy atom. The van der Waals surface area contributed by atoms with Gasteiger partial charge in [0.15, 0.2) is 5.11 Å². The first-order chi connectivity index (χ1) is 14.4. The molecule has 0 aliphatic carbocycles. The molecule has 8 heteroatoms. The van der Waals surface area contributed by atoms with Crippen molar-refractivity contribution in [3.05, 3.63) is 82.4 Å². The average Bonchev–Trinajstić information content (AvgIpc) is 3.11. The van der Waals surface area contributed by atoms with Crippen molar-refractivity contribution in [1.82, 2.24) is 20.3 Å². The number of nitrogens with one attached hydrogen (secondary N) is 2. The number of amides is 1. The lowest BCUT2D eigenvalue weighted by Crippen LogP contribution is -2.34. The number of anilines is 1. The van der Waals surface area contributed by atoms with E-state index < -0.39 is 0 Å². The second-order valence-corrected chi connectivity index (χ2v) is 7.74. The predicted molar refractivity (Wildman–Crippen MR) is 123 cm³/mol. The fraction of sp³-hybridized carbons (Fsp3) is 0.0909. The van der Waals surface area contributed by atoms with E-state index in [4.69, 9.17) is 23.8 Å². The molecule has 0 saturated carbocycles. The topological polar surface area (TPSA) is 71.8 Å². The van der Waals surface area contributed by atoms with Crippen molar-refractivity contribution in [3.63, 3.8) is 0 Å². The van der Waals surface area contributed by atoms with E-state index in [1.807, 2.05) is 50.2 Å². The SMILES string of the molecule is Cc1ccc(C(=O)NC(=S)Nc2cc3nn(-c4ccc(Cl)cc4)nc3cc2C)cc1. The zero-order valence-corrected chi connectivity index (χ0v) is 17.9. The standard InChI is InChI=1S/C22H18ClN5OS/c1-13-3-5-15(6-4-13)21(29)25-22(30)24-18-12-20-19(11-14(18)2)26-28(27-20)17-9-7-16(23)8-10-17/h3-12H,1-2H3,(H2,24,25,29,30). The summed E-state index contributed by atoms with van der Waals surface area (Å²) in [5.74, 6) is -0.264. The van der Waals surface area contributed by atoms with Crippen LogP contribution in [0.4, 0.5) is 5.69 Å². The number of halogens is 1. The van der Waals surface area contributed by atoms with E-state index >= 15 is 0 Å². The first-order valence-corrected chi connectivity index (χ1v) is 10.0. The molecule has 150 valence electrons. The number of hydrogen-bond donors (Lipinski definition) is 2. The monoisotopic (exact) mass is 435 g/mol. The second-order valence-electron chi connectivity index (χ2n) is 6.90. The number of nitrogens with zero attached hydrogens (tertiary/aromatic N) is 3. The van der Waals surface area contributed by atoms with E-state index in [9.17, 15) is 4.79 Å². The molecule has 0 unspecified atom stereocenters. The Hall–Kier alpha value is -3.29. The number of aryl methyl sites for hydroxylation is 2. The van der Waals surface area contributed by atoms with Crippen molar-refractivity contribution < 1.29 is 4.79 Å². The van der Waals surface area contributed by atoms with Gasteiger partial charge in [0.25, 0.3) is 5.91 Å². The molecule has 0 saturated heterocycles. The molecule has 0 aliphatic heterocycles. The molecule has 0 atom stereocenters. The number of fused-ring (bicyclic) bond motifs is 1. The highest BCUT2D eigenvalue weighted by Gasteiger charge is 2.12. The second kappa shape index (κ2) is 8.22. The van der Waals surface area contributed by atoms with Crippen LogP contribution in [0.25, 0.3) is 16.7 Å². The van der Waals surface area contributed by atoms with E-state index in [2.05, 4.69) is 20.8 Å². The van der Waals surface area contributed by atoms with Crippen LogP contribution >= 0.6 is 23.8 Å². The van der Waals surface area contributed by atoms with Crippen LogP contribution < -0.4 is 10.6 Å². The summed E-state index contributed by atoms with van der Waals surface area (Å²) >= 11 is 11.3. The Kier molecular flexibility index (Phi) is 5.48. The van der Waals surface area contributed by atoms with Crippen LogP contribution in [0.2, 0.25) is 5.02 Å². The summed E-state index contributed by atoms with van der Waals surface area (Å²) in [6.45, 7) is 3.91. The number of thiocarbonyl (C=S) groups is 1. The van der Waals surface area contributed by atoms with E-state index in [-0.39, 0.29) is 11.0 Å². The third-order valence-electron chi connectivity index (χ3n) is 4.57. The molecule has 0 spiro atoms. The highest BCUT2D eigenvalue weighted by molar-refractivity contribution is 7.80. The van der Waals surface area contributed by atoms with Crippen LogP contribution in [0.5, 0.6) is 0 Å². The summed E-state index contributed by atoms with van der Waals surface area (Å²) in [4.78, 5) is 13.9. The van der Waals surface area contributed by atoms with Crippen LogP contribution in [0.1, 0.15) is 21.5 Å². The van der Waals surface area contributed by atoms with E-state index in [0.29, 0.717) is 16.1 Å². The molecule has 6 nitrogen and oxygen atoms in total. The summed E-state index contributed by atoms with van der Waals surface area (Å²) in [6, 6.07) is 18.3. The first-order valence-electron chi connectivity index (χ1n) is 9.22. The maximum Gasteiger partial charge on any atom is 0.257 e. The lowest BCUT2D eigenvalue weighted by Gasteiger charge is -2.11. The molecule has 2 N–H and O–H groups in total.